The highest BCUT2D eigenvalue weighted by Gasteiger charge is 2.25. The van der Waals surface area contributed by atoms with Crippen LogP contribution in [0.25, 0.3) is 11.4 Å². The molecule has 4 N–H and O–H groups in total. The van der Waals surface area contributed by atoms with Crippen molar-refractivity contribution < 1.29 is 19.1 Å². The fraction of sp³-hybridized carbons (Fsp3) is 0.250. The average Bonchev–Trinajstić information content (AvgIpc) is 2.65. The fourth-order valence-corrected chi connectivity index (χ4v) is 2.21. The van der Waals surface area contributed by atoms with Crippen molar-refractivity contribution in [2.24, 2.45) is 11.5 Å². The first-order chi connectivity index (χ1) is 11.5. The summed E-state index contributed by atoms with van der Waals surface area (Å²) >= 11 is 0. The lowest BCUT2D eigenvalue weighted by Gasteiger charge is -2.13. The number of nitrogens with zero attached hydrogens (tertiary/aromatic N) is 2. The average molecular weight is 330 g/mol. The van der Waals surface area contributed by atoms with Gasteiger partial charge in [-0.25, -0.2) is 14.6 Å². The second-order valence-electron chi connectivity index (χ2n) is 4.83. The standard InChI is InChI=1S/C16H18N4O4/c1-23-15(21)13-10(8-18)6-12(20-14(13)16(22)24-2)11-5-9(7-17)3-4-19-11/h3-6H,7-8,17-18H2,1-2H3. The van der Waals surface area contributed by atoms with Gasteiger partial charge < -0.3 is 20.9 Å². The molecule has 2 heterocycles. The smallest absolute Gasteiger partial charge is 0.357 e. The molecule has 0 aliphatic heterocycles. The van der Waals surface area contributed by atoms with Gasteiger partial charge in [-0.2, -0.15) is 0 Å². The van der Waals surface area contributed by atoms with Crippen molar-refractivity contribution >= 4 is 11.9 Å². The van der Waals surface area contributed by atoms with Crippen LogP contribution >= 0.6 is 0 Å². The summed E-state index contributed by atoms with van der Waals surface area (Å²) in [6.07, 6.45) is 1.59. The number of carbonyl (C=O) groups excluding carboxylic acids is 2. The van der Waals surface area contributed by atoms with E-state index in [4.69, 9.17) is 20.9 Å². The third kappa shape index (κ3) is 3.39. The van der Waals surface area contributed by atoms with E-state index in [9.17, 15) is 9.59 Å². The molecular formula is C16H18N4O4. The van der Waals surface area contributed by atoms with Gasteiger partial charge in [0.2, 0.25) is 0 Å². The number of aromatic nitrogens is 2. The van der Waals surface area contributed by atoms with Gasteiger partial charge in [0.15, 0.2) is 5.69 Å². The number of ether oxygens (including phenoxy) is 2. The largest absolute Gasteiger partial charge is 0.465 e. The number of carbonyl (C=O) groups is 2. The van der Waals surface area contributed by atoms with Crippen LogP contribution < -0.4 is 11.5 Å². The number of methoxy groups -OCH3 is 2. The summed E-state index contributed by atoms with van der Waals surface area (Å²) in [6.45, 7) is 0.351. The van der Waals surface area contributed by atoms with Crippen LogP contribution in [0.15, 0.2) is 24.4 Å². The van der Waals surface area contributed by atoms with Crippen molar-refractivity contribution in [3.63, 3.8) is 0 Å². The molecule has 0 bridgehead atoms. The Morgan fingerprint density at radius 2 is 1.75 bits per heavy atom. The van der Waals surface area contributed by atoms with Gasteiger partial charge in [-0.1, -0.05) is 0 Å². The molecule has 0 unspecified atom stereocenters. The Bertz CT molecular complexity index is 777. The highest BCUT2D eigenvalue weighted by molar-refractivity contribution is 6.03. The number of nitrogens with two attached hydrogens (primary N) is 2. The first-order valence-electron chi connectivity index (χ1n) is 7.11. The number of esters is 2. The monoisotopic (exact) mass is 330 g/mol. The van der Waals surface area contributed by atoms with Gasteiger partial charge in [-0.3, -0.25) is 4.98 Å². The van der Waals surface area contributed by atoms with E-state index in [2.05, 4.69) is 9.97 Å². The Hall–Kier alpha value is -2.84. The SMILES string of the molecule is COC(=O)c1nc(-c2cc(CN)ccn2)cc(CN)c1C(=O)OC. The maximum atomic E-state index is 12.1. The Morgan fingerprint density at radius 1 is 1.04 bits per heavy atom. The van der Waals surface area contributed by atoms with Crippen molar-refractivity contribution in [1.82, 2.24) is 9.97 Å². The summed E-state index contributed by atoms with van der Waals surface area (Å²) in [5, 5.41) is 0. The first kappa shape index (κ1) is 17.5. The lowest BCUT2D eigenvalue weighted by Crippen LogP contribution is -2.19. The quantitative estimate of drug-likeness (QED) is 0.763. The second-order valence-corrected chi connectivity index (χ2v) is 4.83. The number of hydrogen-bond donors (Lipinski definition) is 2. The molecule has 0 saturated heterocycles. The van der Waals surface area contributed by atoms with Gasteiger partial charge in [0.25, 0.3) is 0 Å². The Kier molecular flexibility index (Phi) is 5.56. The summed E-state index contributed by atoms with van der Waals surface area (Å²) in [7, 11) is 2.41. The van der Waals surface area contributed by atoms with Gasteiger partial charge in [-0.15, -0.1) is 0 Å². The van der Waals surface area contributed by atoms with Gasteiger partial charge in [0, 0.05) is 19.3 Å². The van der Waals surface area contributed by atoms with Crippen LogP contribution in [0.3, 0.4) is 0 Å². The minimum absolute atomic E-state index is 0.00872. The third-order valence-corrected chi connectivity index (χ3v) is 3.41. The zero-order valence-corrected chi connectivity index (χ0v) is 13.4. The number of rotatable bonds is 5. The van der Waals surface area contributed by atoms with Crippen LogP contribution in [0.4, 0.5) is 0 Å². The van der Waals surface area contributed by atoms with E-state index in [1.807, 2.05) is 0 Å². The lowest BCUT2D eigenvalue weighted by atomic mass is 10.0. The summed E-state index contributed by atoms with van der Waals surface area (Å²) < 4.78 is 9.44. The lowest BCUT2D eigenvalue weighted by molar-refractivity contribution is 0.0549. The fourth-order valence-electron chi connectivity index (χ4n) is 2.21. The number of pyridine rings is 2. The maximum Gasteiger partial charge on any atom is 0.357 e. The predicted octanol–water partition coefficient (Wildman–Crippen LogP) is 0.634. The molecule has 8 heteroatoms. The van der Waals surface area contributed by atoms with E-state index in [1.54, 1.807) is 24.4 Å². The molecule has 0 fully saturated rings. The topological polar surface area (TPSA) is 130 Å². The Balaban J connectivity index is 2.70. The maximum absolute atomic E-state index is 12.1. The summed E-state index contributed by atoms with van der Waals surface area (Å²) in [5.74, 6) is -1.47. The molecule has 0 saturated carbocycles. The normalized spacial score (nSPS) is 10.3. The summed E-state index contributed by atoms with van der Waals surface area (Å²) in [6, 6.07) is 5.13. The zero-order valence-electron chi connectivity index (χ0n) is 13.4. The predicted molar refractivity (Wildman–Crippen MR) is 85.9 cm³/mol. The first-order valence-corrected chi connectivity index (χ1v) is 7.11. The molecule has 24 heavy (non-hydrogen) atoms. The molecule has 2 rings (SSSR count). The summed E-state index contributed by atoms with van der Waals surface area (Å²) in [5.41, 5.74) is 13.3. The third-order valence-electron chi connectivity index (χ3n) is 3.41. The Labute approximate surface area is 138 Å². The van der Waals surface area contributed by atoms with Gasteiger partial charge in [0.1, 0.15) is 0 Å². The van der Waals surface area contributed by atoms with Gasteiger partial charge in [0.05, 0.1) is 31.2 Å². The molecule has 0 amide bonds. The van der Waals surface area contributed by atoms with E-state index in [0.29, 0.717) is 23.5 Å². The molecule has 0 aromatic carbocycles. The van der Waals surface area contributed by atoms with Gasteiger partial charge >= 0.3 is 11.9 Å². The van der Waals surface area contributed by atoms with Crippen LogP contribution in [0, 0.1) is 0 Å². The summed E-state index contributed by atoms with van der Waals surface area (Å²) in [4.78, 5) is 32.5. The van der Waals surface area contributed by atoms with E-state index >= 15 is 0 Å². The molecular weight excluding hydrogens is 312 g/mol. The van der Waals surface area contributed by atoms with E-state index in [1.165, 1.54) is 14.2 Å². The van der Waals surface area contributed by atoms with Crippen LogP contribution in [0.5, 0.6) is 0 Å². The molecule has 0 atom stereocenters. The van der Waals surface area contributed by atoms with Crippen molar-refractivity contribution in [2.45, 2.75) is 13.1 Å². The molecule has 0 radical (unpaired) electrons. The van der Waals surface area contributed by atoms with E-state index in [-0.39, 0.29) is 17.8 Å². The van der Waals surface area contributed by atoms with Crippen molar-refractivity contribution in [3.8, 4) is 11.4 Å². The van der Waals surface area contributed by atoms with Crippen molar-refractivity contribution in [3.05, 3.63) is 46.8 Å². The van der Waals surface area contributed by atoms with E-state index < -0.39 is 11.9 Å². The minimum Gasteiger partial charge on any atom is -0.465 e. The zero-order chi connectivity index (χ0) is 17.7. The molecule has 8 nitrogen and oxygen atoms in total. The minimum atomic E-state index is -0.762. The van der Waals surface area contributed by atoms with Crippen LogP contribution in [-0.4, -0.2) is 36.1 Å². The highest BCUT2D eigenvalue weighted by atomic mass is 16.5. The molecule has 0 spiro atoms. The van der Waals surface area contributed by atoms with Gasteiger partial charge in [-0.05, 0) is 29.3 Å². The second kappa shape index (κ2) is 7.62. The number of hydrogen-bond acceptors (Lipinski definition) is 8. The molecule has 2 aromatic heterocycles. The van der Waals surface area contributed by atoms with Crippen LogP contribution in [0.2, 0.25) is 0 Å². The van der Waals surface area contributed by atoms with Crippen LogP contribution in [0.1, 0.15) is 32.0 Å². The Morgan fingerprint density at radius 3 is 2.33 bits per heavy atom. The highest BCUT2D eigenvalue weighted by Crippen LogP contribution is 2.23. The molecule has 126 valence electrons. The van der Waals surface area contributed by atoms with Crippen molar-refractivity contribution in [1.29, 1.82) is 0 Å². The van der Waals surface area contributed by atoms with Crippen LogP contribution in [-0.2, 0) is 22.6 Å². The van der Waals surface area contributed by atoms with Crippen molar-refractivity contribution in [2.75, 3.05) is 14.2 Å². The van der Waals surface area contributed by atoms with E-state index in [0.717, 1.165) is 5.56 Å². The molecule has 2 aromatic rings. The molecule has 0 aliphatic rings. The molecule has 0 aliphatic carbocycles.